The van der Waals surface area contributed by atoms with Crippen molar-refractivity contribution in [3.05, 3.63) is 70.3 Å². The number of ketones is 1. The summed E-state index contributed by atoms with van der Waals surface area (Å²) in [5.74, 6) is 0.427. The molecule has 37 heavy (non-hydrogen) atoms. The number of carbonyl (C=O) groups is 2. The highest BCUT2D eigenvalue weighted by atomic mass is 16.7. The Kier molecular flexibility index (Phi) is 5.02. The number of benzene rings is 2. The second kappa shape index (κ2) is 7.87. The van der Waals surface area contributed by atoms with Gasteiger partial charge in [0.15, 0.2) is 23.4 Å². The third kappa shape index (κ3) is 3.12. The molecule has 2 aliphatic heterocycles. The Morgan fingerprint density at radius 3 is 2.73 bits per heavy atom. The highest BCUT2D eigenvalue weighted by molar-refractivity contribution is 5.90. The topological polar surface area (TPSA) is 125 Å². The molecule has 0 amide bonds. The molecule has 6 rings (SSSR count). The maximum atomic E-state index is 13.2. The Morgan fingerprint density at radius 2 is 2.03 bits per heavy atom. The number of hydrogen-bond donors (Lipinski definition) is 1. The Hall–Kier alpha value is -3.76. The molecule has 192 valence electrons. The molecular formula is C27H27N2O8+. The number of nitrogens with zero attached hydrogens (tertiary/aromatic N) is 2. The monoisotopic (exact) mass is 507 g/mol. The normalized spacial score (nSPS) is 32.6. The van der Waals surface area contributed by atoms with Crippen LogP contribution in [-0.4, -0.2) is 64.3 Å². The van der Waals surface area contributed by atoms with Gasteiger partial charge in [0.2, 0.25) is 0 Å². The van der Waals surface area contributed by atoms with Crippen LogP contribution in [0.1, 0.15) is 30.4 Å². The summed E-state index contributed by atoms with van der Waals surface area (Å²) in [6.45, 7) is 5.38. The van der Waals surface area contributed by atoms with E-state index in [9.17, 15) is 24.8 Å². The first-order chi connectivity index (χ1) is 17.6. The van der Waals surface area contributed by atoms with E-state index in [2.05, 4.69) is 13.6 Å². The van der Waals surface area contributed by atoms with Crippen LogP contribution < -0.4 is 14.2 Å². The zero-order valence-corrected chi connectivity index (χ0v) is 20.3. The van der Waals surface area contributed by atoms with Gasteiger partial charge in [-0.15, -0.1) is 0 Å². The summed E-state index contributed by atoms with van der Waals surface area (Å²) in [7, 11) is 2.13. The lowest BCUT2D eigenvalue weighted by molar-refractivity contribution is -0.944. The number of quaternary nitrogens is 1. The summed E-state index contributed by atoms with van der Waals surface area (Å²) in [4.78, 5) is 36.1. The van der Waals surface area contributed by atoms with Crippen LogP contribution in [-0.2, 0) is 16.6 Å². The highest BCUT2D eigenvalue weighted by Gasteiger charge is 2.76. The fraction of sp³-hybridized carbons (Fsp3) is 0.407. The molecule has 4 aliphatic rings. The van der Waals surface area contributed by atoms with Crippen LogP contribution in [0.3, 0.4) is 0 Å². The van der Waals surface area contributed by atoms with E-state index >= 15 is 0 Å². The first-order valence-corrected chi connectivity index (χ1v) is 12.3. The average molecular weight is 508 g/mol. The lowest BCUT2D eigenvalue weighted by Gasteiger charge is -2.64. The molecular weight excluding hydrogens is 480 g/mol. The third-order valence-corrected chi connectivity index (χ3v) is 8.88. The molecule has 10 nitrogen and oxygen atoms in total. The number of non-ortho nitro benzene ring substituents is 1. The fourth-order valence-corrected chi connectivity index (χ4v) is 7.26. The number of hydrogen-bond acceptors (Lipinski definition) is 8. The number of likely N-dealkylation sites (N-methyl/N-ethyl adjacent to an activating group) is 1. The largest absolute Gasteiger partial charge is 0.519 e. The van der Waals surface area contributed by atoms with Gasteiger partial charge < -0.3 is 23.8 Å². The van der Waals surface area contributed by atoms with Gasteiger partial charge >= 0.3 is 6.16 Å². The second-order valence-corrected chi connectivity index (χ2v) is 10.6. The van der Waals surface area contributed by atoms with E-state index in [1.165, 1.54) is 24.3 Å². The van der Waals surface area contributed by atoms with Crippen LogP contribution in [0.5, 0.6) is 17.2 Å². The zero-order valence-electron chi connectivity index (χ0n) is 20.3. The molecule has 0 aromatic heterocycles. The summed E-state index contributed by atoms with van der Waals surface area (Å²) in [5.41, 5.74) is -0.459. The highest BCUT2D eigenvalue weighted by Crippen LogP contribution is 2.65. The predicted octanol–water partition coefficient (Wildman–Crippen LogP) is 3.23. The minimum atomic E-state index is -1.16. The number of nitro groups is 1. The molecule has 10 heteroatoms. The number of nitro benzene ring substituents is 1. The maximum Gasteiger partial charge on any atom is 0.519 e. The second-order valence-electron chi connectivity index (χ2n) is 10.6. The van der Waals surface area contributed by atoms with Crippen LogP contribution >= 0.6 is 0 Å². The molecule has 2 fully saturated rings. The van der Waals surface area contributed by atoms with Crippen molar-refractivity contribution in [3.8, 4) is 17.2 Å². The fourth-order valence-electron chi connectivity index (χ4n) is 7.26. The smallest absolute Gasteiger partial charge is 0.477 e. The van der Waals surface area contributed by atoms with E-state index in [0.29, 0.717) is 36.0 Å². The van der Waals surface area contributed by atoms with E-state index < -0.39 is 28.2 Å². The number of ether oxygens (including phenoxy) is 3. The molecule has 2 bridgehead atoms. The summed E-state index contributed by atoms with van der Waals surface area (Å²) < 4.78 is 17.6. The Morgan fingerprint density at radius 1 is 1.27 bits per heavy atom. The number of aliphatic hydroxyl groups is 1. The Bertz CT molecular complexity index is 1360. The Labute approximate surface area is 212 Å². The van der Waals surface area contributed by atoms with Gasteiger partial charge in [0, 0.05) is 37.0 Å². The molecule has 2 aromatic carbocycles. The number of piperidine rings is 1. The molecule has 2 aromatic rings. The average Bonchev–Trinajstić information content (AvgIpc) is 3.22. The minimum Gasteiger partial charge on any atom is -0.477 e. The quantitative estimate of drug-likeness (QED) is 0.163. The first-order valence-electron chi connectivity index (χ1n) is 12.3. The molecule has 1 saturated carbocycles. The predicted molar refractivity (Wildman–Crippen MR) is 130 cm³/mol. The van der Waals surface area contributed by atoms with Gasteiger partial charge in [-0.25, -0.2) is 4.79 Å². The molecule has 1 N–H and O–H groups in total. The molecule has 2 aliphatic carbocycles. The van der Waals surface area contributed by atoms with E-state index in [1.54, 1.807) is 6.07 Å². The number of likely N-dealkylation sites (tertiary alicyclic amines) is 1. The van der Waals surface area contributed by atoms with Gasteiger partial charge in [0.1, 0.15) is 17.4 Å². The number of carbonyl (C=O) groups excluding carboxylic acids is 2. The van der Waals surface area contributed by atoms with Crippen LogP contribution in [0.4, 0.5) is 10.5 Å². The van der Waals surface area contributed by atoms with Crippen molar-refractivity contribution in [1.82, 2.24) is 0 Å². The maximum absolute atomic E-state index is 13.2. The SMILES string of the molecule is C=CC[N@+]1(C)CC[C@]23c4c5ccc(OC(=O)Oc6ccc([N+](=O)[O-])cc6)c4O[C@H]2C(=O)CC[C@@]3(O)[C@H]1C5. The standard InChI is InChI=1S/C27H27N2O8/c1-3-13-29(2)14-12-26-22-16-4-9-20(36-25(31)35-18-7-5-17(6-8-18)28(33)34)23(22)37-24(26)19(30)10-11-27(26,32)21(29)15-16/h3-9,21,24,32H,1,10-15H2,2H3/q+1/t21-,24+,26+,27-,29-/m1/s1. The van der Waals surface area contributed by atoms with Gasteiger partial charge in [-0.2, -0.15) is 0 Å². The minimum absolute atomic E-state index is 0.0632. The molecule has 1 saturated heterocycles. The number of rotatable bonds is 5. The van der Waals surface area contributed by atoms with Crippen molar-refractivity contribution < 1.29 is 38.3 Å². The van der Waals surface area contributed by atoms with Gasteiger partial charge in [0.05, 0.1) is 30.5 Å². The summed E-state index contributed by atoms with van der Waals surface area (Å²) in [6.07, 6.45) is 1.71. The first kappa shape index (κ1) is 23.6. The van der Waals surface area contributed by atoms with Gasteiger partial charge in [-0.3, -0.25) is 14.9 Å². The van der Waals surface area contributed by atoms with E-state index in [1.807, 2.05) is 12.1 Å². The van der Waals surface area contributed by atoms with E-state index in [0.717, 1.165) is 17.7 Å². The summed E-state index contributed by atoms with van der Waals surface area (Å²) >= 11 is 0. The van der Waals surface area contributed by atoms with Crippen LogP contribution in [0, 0.1) is 10.1 Å². The van der Waals surface area contributed by atoms with Crippen molar-refractivity contribution in [2.45, 2.75) is 48.8 Å². The van der Waals surface area contributed by atoms with Gasteiger partial charge in [-0.05, 0) is 36.3 Å². The van der Waals surface area contributed by atoms with Gasteiger partial charge in [0.25, 0.3) is 5.69 Å². The lowest BCUT2D eigenvalue weighted by atomic mass is 9.48. The van der Waals surface area contributed by atoms with E-state index in [4.69, 9.17) is 14.2 Å². The van der Waals surface area contributed by atoms with Crippen molar-refractivity contribution in [1.29, 1.82) is 0 Å². The lowest BCUT2D eigenvalue weighted by Crippen LogP contribution is -2.80. The van der Waals surface area contributed by atoms with E-state index in [-0.39, 0.29) is 35.4 Å². The summed E-state index contributed by atoms with van der Waals surface area (Å²) in [5, 5.41) is 23.2. The van der Waals surface area contributed by atoms with Crippen molar-refractivity contribution in [3.63, 3.8) is 0 Å². The molecule has 0 unspecified atom stereocenters. The van der Waals surface area contributed by atoms with Crippen molar-refractivity contribution >= 4 is 17.6 Å². The van der Waals surface area contributed by atoms with Crippen LogP contribution in [0.25, 0.3) is 0 Å². The zero-order chi connectivity index (χ0) is 26.2. The van der Waals surface area contributed by atoms with Crippen molar-refractivity contribution in [2.24, 2.45) is 0 Å². The van der Waals surface area contributed by atoms with Gasteiger partial charge in [-0.1, -0.05) is 12.6 Å². The molecule has 1 spiro atoms. The van der Waals surface area contributed by atoms with Crippen LogP contribution in [0.2, 0.25) is 0 Å². The molecule has 0 radical (unpaired) electrons. The summed E-state index contributed by atoms with van der Waals surface area (Å²) in [6, 6.07) is 8.41. The molecule has 5 atom stereocenters. The third-order valence-electron chi connectivity index (χ3n) is 8.88. The van der Waals surface area contributed by atoms with Crippen LogP contribution in [0.15, 0.2) is 49.1 Å². The number of Topliss-reactive ketones (excluding diaryl/α,β-unsaturated/α-hetero) is 1. The molecule has 2 heterocycles. The van der Waals surface area contributed by atoms with Crippen molar-refractivity contribution in [2.75, 3.05) is 20.1 Å². The Balaban J connectivity index is 1.37.